The van der Waals surface area contributed by atoms with Gasteiger partial charge in [0.2, 0.25) is 10.0 Å². The van der Waals surface area contributed by atoms with Crippen LogP contribution in [0.25, 0.3) is 0 Å². The van der Waals surface area contributed by atoms with Gasteiger partial charge in [0.25, 0.3) is 0 Å². The Balaban J connectivity index is 2.71. The van der Waals surface area contributed by atoms with Crippen molar-refractivity contribution >= 4 is 15.8 Å². The van der Waals surface area contributed by atoms with Crippen molar-refractivity contribution in [2.45, 2.75) is 25.2 Å². The summed E-state index contributed by atoms with van der Waals surface area (Å²) in [5.74, 6) is 0.664. The number of anilines is 1. The van der Waals surface area contributed by atoms with Crippen LogP contribution in [0.4, 0.5) is 5.82 Å². The third kappa shape index (κ3) is 3.79. The molecule has 6 heteroatoms. The van der Waals surface area contributed by atoms with Crippen LogP contribution in [-0.4, -0.2) is 19.9 Å². The van der Waals surface area contributed by atoms with Gasteiger partial charge in [0.05, 0.1) is 4.90 Å². The maximum absolute atomic E-state index is 11.8. The molecule has 1 heterocycles. The van der Waals surface area contributed by atoms with Gasteiger partial charge in [0.15, 0.2) is 0 Å². The molecule has 3 N–H and O–H groups in total. The first kappa shape index (κ1) is 12.9. The predicted octanol–water partition coefficient (Wildman–Crippen LogP) is 0.988. The van der Waals surface area contributed by atoms with Gasteiger partial charge in [-0.3, -0.25) is 0 Å². The largest absolute Gasteiger partial charge is 0.384 e. The molecule has 0 spiro atoms. The molecule has 0 atom stereocenters. The Morgan fingerprint density at radius 2 is 2.19 bits per heavy atom. The molecule has 1 aromatic heterocycles. The van der Waals surface area contributed by atoms with E-state index in [1.165, 1.54) is 18.3 Å². The smallest absolute Gasteiger partial charge is 0.240 e. The summed E-state index contributed by atoms with van der Waals surface area (Å²) in [6.45, 7) is 4.51. The highest BCUT2D eigenvalue weighted by atomic mass is 32.2. The second-order valence-electron chi connectivity index (χ2n) is 4.00. The van der Waals surface area contributed by atoms with Gasteiger partial charge in [-0.25, -0.2) is 18.1 Å². The highest BCUT2D eigenvalue weighted by molar-refractivity contribution is 7.89. The first-order valence-electron chi connectivity index (χ1n) is 5.13. The number of hydrogen-bond acceptors (Lipinski definition) is 4. The van der Waals surface area contributed by atoms with E-state index >= 15 is 0 Å². The molecule has 5 nitrogen and oxygen atoms in total. The van der Waals surface area contributed by atoms with Crippen LogP contribution < -0.4 is 10.5 Å². The molecule has 0 radical (unpaired) electrons. The molecule has 0 aromatic carbocycles. The van der Waals surface area contributed by atoms with E-state index < -0.39 is 10.0 Å². The number of sulfonamides is 1. The Kier molecular flexibility index (Phi) is 4.26. The summed E-state index contributed by atoms with van der Waals surface area (Å²) < 4.78 is 26.1. The lowest BCUT2D eigenvalue weighted by Gasteiger charge is -2.08. The summed E-state index contributed by atoms with van der Waals surface area (Å²) in [6, 6.07) is 2.77. The number of rotatable bonds is 5. The third-order valence-electron chi connectivity index (χ3n) is 2.08. The van der Waals surface area contributed by atoms with Crippen LogP contribution in [0.1, 0.15) is 20.3 Å². The van der Waals surface area contributed by atoms with E-state index in [0.29, 0.717) is 12.5 Å². The van der Waals surface area contributed by atoms with E-state index in [1.54, 1.807) is 0 Å². The van der Waals surface area contributed by atoms with Crippen LogP contribution in [0.5, 0.6) is 0 Å². The van der Waals surface area contributed by atoms with Crippen LogP contribution in [0.15, 0.2) is 23.2 Å². The fourth-order valence-electron chi connectivity index (χ4n) is 1.16. The lowest BCUT2D eigenvalue weighted by Crippen LogP contribution is -2.25. The van der Waals surface area contributed by atoms with E-state index in [-0.39, 0.29) is 10.7 Å². The number of aromatic nitrogens is 1. The Labute approximate surface area is 96.1 Å². The first-order valence-corrected chi connectivity index (χ1v) is 6.61. The Morgan fingerprint density at radius 1 is 1.50 bits per heavy atom. The lowest BCUT2D eigenvalue weighted by molar-refractivity contribution is 0.551. The van der Waals surface area contributed by atoms with Crippen molar-refractivity contribution in [1.29, 1.82) is 0 Å². The molecule has 1 rings (SSSR count). The zero-order chi connectivity index (χ0) is 12.2. The molecule has 0 bridgehead atoms. The van der Waals surface area contributed by atoms with Gasteiger partial charge in [0.1, 0.15) is 5.82 Å². The number of nitrogen functional groups attached to an aromatic ring is 1. The molecule has 0 amide bonds. The van der Waals surface area contributed by atoms with Crippen molar-refractivity contribution in [2.75, 3.05) is 12.3 Å². The van der Waals surface area contributed by atoms with E-state index in [0.717, 1.165) is 6.42 Å². The summed E-state index contributed by atoms with van der Waals surface area (Å²) in [5.41, 5.74) is 5.43. The molecule has 0 aliphatic carbocycles. The average Bonchev–Trinajstić information content (AvgIpc) is 2.16. The number of nitrogens with zero attached hydrogens (tertiary/aromatic N) is 1. The number of hydrogen-bond donors (Lipinski definition) is 2. The zero-order valence-electron chi connectivity index (χ0n) is 9.47. The normalized spacial score (nSPS) is 11.9. The van der Waals surface area contributed by atoms with Crippen LogP contribution in [-0.2, 0) is 10.0 Å². The second kappa shape index (κ2) is 5.27. The fraction of sp³-hybridized carbons (Fsp3) is 0.500. The number of nitrogens with one attached hydrogen (secondary N) is 1. The van der Waals surface area contributed by atoms with Crippen LogP contribution in [0.2, 0.25) is 0 Å². The molecule has 0 aliphatic rings. The van der Waals surface area contributed by atoms with E-state index in [2.05, 4.69) is 9.71 Å². The fourth-order valence-corrected chi connectivity index (χ4v) is 2.23. The molecular formula is C10H17N3O2S. The maximum Gasteiger partial charge on any atom is 0.240 e. The van der Waals surface area contributed by atoms with Crippen LogP contribution in [0.3, 0.4) is 0 Å². The summed E-state index contributed by atoms with van der Waals surface area (Å²) in [6.07, 6.45) is 2.19. The molecule has 1 aromatic rings. The lowest BCUT2D eigenvalue weighted by atomic mass is 10.1. The minimum atomic E-state index is -3.45. The Hall–Kier alpha value is -1.14. The van der Waals surface area contributed by atoms with Crippen molar-refractivity contribution in [3.63, 3.8) is 0 Å². The molecule has 0 saturated heterocycles. The number of pyridine rings is 1. The Morgan fingerprint density at radius 3 is 2.75 bits per heavy atom. The highest BCUT2D eigenvalue weighted by Crippen LogP contribution is 2.10. The maximum atomic E-state index is 11.8. The average molecular weight is 243 g/mol. The van der Waals surface area contributed by atoms with Crippen molar-refractivity contribution in [1.82, 2.24) is 9.71 Å². The predicted molar refractivity (Wildman–Crippen MR) is 63.3 cm³/mol. The van der Waals surface area contributed by atoms with Crippen molar-refractivity contribution < 1.29 is 8.42 Å². The molecular weight excluding hydrogens is 226 g/mol. The standard InChI is InChI=1S/C10H17N3O2S/c1-8(2)3-6-13-16(14,15)9-4-5-12-10(11)7-9/h4-5,7-8,13H,3,6H2,1-2H3,(H2,11,12). The summed E-state index contributed by atoms with van der Waals surface area (Å²) >= 11 is 0. The topological polar surface area (TPSA) is 85.1 Å². The van der Waals surface area contributed by atoms with Crippen molar-refractivity contribution in [2.24, 2.45) is 5.92 Å². The first-order chi connectivity index (χ1) is 7.42. The summed E-state index contributed by atoms with van der Waals surface area (Å²) in [7, 11) is -3.45. The molecule has 16 heavy (non-hydrogen) atoms. The second-order valence-corrected chi connectivity index (χ2v) is 5.76. The molecule has 0 saturated carbocycles. The van der Waals surface area contributed by atoms with Crippen LogP contribution in [0, 0.1) is 5.92 Å². The van der Waals surface area contributed by atoms with Crippen molar-refractivity contribution in [3.05, 3.63) is 18.3 Å². The van der Waals surface area contributed by atoms with Gasteiger partial charge in [-0.05, 0) is 18.4 Å². The molecule has 90 valence electrons. The minimum Gasteiger partial charge on any atom is -0.384 e. The minimum absolute atomic E-state index is 0.156. The van der Waals surface area contributed by atoms with Crippen LogP contribution >= 0.6 is 0 Å². The zero-order valence-corrected chi connectivity index (χ0v) is 10.3. The SMILES string of the molecule is CC(C)CCNS(=O)(=O)c1ccnc(N)c1. The van der Waals surface area contributed by atoms with Gasteiger partial charge >= 0.3 is 0 Å². The van der Waals surface area contributed by atoms with E-state index in [4.69, 9.17) is 5.73 Å². The van der Waals surface area contributed by atoms with Gasteiger partial charge in [0, 0.05) is 18.8 Å². The van der Waals surface area contributed by atoms with Gasteiger partial charge in [-0.1, -0.05) is 13.8 Å². The number of nitrogens with two attached hydrogens (primary N) is 1. The highest BCUT2D eigenvalue weighted by Gasteiger charge is 2.13. The van der Waals surface area contributed by atoms with Gasteiger partial charge in [-0.15, -0.1) is 0 Å². The van der Waals surface area contributed by atoms with Crippen molar-refractivity contribution in [3.8, 4) is 0 Å². The quantitative estimate of drug-likeness (QED) is 0.807. The summed E-state index contributed by atoms with van der Waals surface area (Å²) in [5, 5.41) is 0. The molecule has 0 aliphatic heterocycles. The molecule has 0 unspecified atom stereocenters. The van der Waals surface area contributed by atoms with Gasteiger partial charge in [-0.2, -0.15) is 0 Å². The Bertz CT molecular complexity index is 443. The summed E-state index contributed by atoms with van der Waals surface area (Å²) in [4.78, 5) is 3.90. The van der Waals surface area contributed by atoms with E-state index in [1.807, 2.05) is 13.8 Å². The monoisotopic (exact) mass is 243 g/mol. The van der Waals surface area contributed by atoms with E-state index in [9.17, 15) is 8.42 Å². The molecule has 0 fully saturated rings. The third-order valence-corrected chi connectivity index (χ3v) is 3.54. The van der Waals surface area contributed by atoms with Gasteiger partial charge < -0.3 is 5.73 Å².